The fourth-order valence-corrected chi connectivity index (χ4v) is 3.42. The summed E-state index contributed by atoms with van der Waals surface area (Å²) in [5, 5.41) is 1.87. The second-order valence-electron chi connectivity index (χ2n) is 3.07. The zero-order chi connectivity index (χ0) is 11.7. The summed E-state index contributed by atoms with van der Waals surface area (Å²) >= 11 is -1.99. The first-order valence-electron chi connectivity index (χ1n) is 3.71. The third-order valence-corrected chi connectivity index (χ3v) is 5.55. The van der Waals surface area contributed by atoms with Gasteiger partial charge in [0.25, 0.3) is 10.1 Å². The fourth-order valence-electron chi connectivity index (χ4n) is 0.786. The topological polar surface area (TPSA) is 96.4 Å². The molecule has 6 nitrogen and oxygen atoms in total. The van der Waals surface area contributed by atoms with Gasteiger partial charge in [0.1, 0.15) is 21.1 Å². The highest BCUT2D eigenvalue weighted by Crippen LogP contribution is 2.32. The van der Waals surface area contributed by atoms with Crippen LogP contribution in [0.15, 0.2) is 11.6 Å². The van der Waals surface area contributed by atoms with Gasteiger partial charge in [0.15, 0.2) is 0 Å². The van der Waals surface area contributed by atoms with E-state index in [9.17, 15) is 17.2 Å². The predicted molar refractivity (Wildman–Crippen MR) is 54.1 cm³/mol. The minimum absolute atomic E-state index is 0.271. The molecule has 0 radical (unpaired) electrons. The Bertz CT molecular complexity index is 449. The van der Waals surface area contributed by atoms with Crippen molar-refractivity contribution in [3.8, 4) is 0 Å². The van der Waals surface area contributed by atoms with Crippen LogP contribution in [-0.4, -0.2) is 22.2 Å². The molecule has 86 valence electrons. The van der Waals surface area contributed by atoms with E-state index in [-0.39, 0.29) is 5.01 Å². The third-order valence-electron chi connectivity index (χ3n) is 1.72. The van der Waals surface area contributed by atoms with Gasteiger partial charge in [0.05, 0.1) is 0 Å². The Kier molecular flexibility index (Phi) is 3.61. The van der Waals surface area contributed by atoms with Gasteiger partial charge < -0.3 is 4.55 Å². The number of thiazole rings is 1. The van der Waals surface area contributed by atoms with Crippen molar-refractivity contribution in [3.63, 3.8) is 0 Å². The first-order chi connectivity index (χ1) is 6.77. The summed E-state index contributed by atoms with van der Waals surface area (Å²) in [7, 11) is -4.25. The van der Waals surface area contributed by atoms with Gasteiger partial charge in [-0.1, -0.05) is 0 Å². The monoisotopic (exact) mass is 270 g/mol. The molecule has 0 saturated heterocycles. The molecule has 0 aliphatic carbocycles. The van der Waals surface area contributed by atoms with Gasteiger partial charge in [-0.05, 0) is 13.8 Å². The van der Waals surface area contributed by atoms with Crippen LogP contribution in [0.4, 0.5) is 0 Å². The van der Waals surface area contributed by atoms with Gasteiger partial charge in [0, 0.05) is 11.6 Å². The van der Waals surface area contributed by atoms with Crippen LogP contribution in [0.5, 0.6) is 0 Å². The molecular formula is C6H8NO5S3-. The zero-order valence-corrected chi connectivity index (χ0v) is 10.3. The first-order valence-corrected chi connectivity index (χ1v) is 7.00. The van der Waals surface area contributed by atoms with Gasteiger partial charge in [-0.25, -0.2) is 9.19 Å². The largest absolute Gasteiger partial charge is 0.749 e. The van der Waals surface area contributed by atoms with Gasteiger partial charge in [-0.3, -0.25) is 0 Å². The Morgan fingerprint density at radius 3 is 2.60 bits per heavy atom. The second-order valence-corrected chi connectivity index (χ2v) is 6.85. The van der Waals surface area contributed by atoms with E-state index in [4.69, 9.17) is 0 Å². The maximum atomic E-state index is 11.5. The molecule has 15 heavy (non-hydrogen) atoms. The molecule has 0 spiro atoms. The average molecular weight is 270 g/mol. The fraction of sp³-hybridized carbons (Fsp3) is 0.500. The lowest BCUT2D eigenvalue weighted by Crippen LogP contribution is -2.31. The Balaban J connectivity index is 3.11. The van der Waals surface area contributed by atoms with E-state index in [1.165, 1.54) is 20.0 Å². The molecule has 0 bridgehead atoms. The molecule has 1 unspecified atom stereocenters. The summed E-state index contributed by atoms with van der Waals surface area (Å²) in [6.45, 7) is 2.65. The summed E-state index contributed by atoms with van der Waals surface area (Å²) in [5.41, 5.74) is 0. The lowest BCUT2D eigenvalue weighted by atomic mass is 10.2. The molecule has 0 amide bonds. The molecule has 0 aliphatic heterocycles. The molecule has 1 atom stereocenters. The Morgan fingerprint density at radius 2 is 2.20 bits per heavy atom. The van der Waals surface area contributed by atoms with Gasteiger partial charge >= 0.3 is 0 Å². The van der Waals surface area contributed by atoms with E-state index >= 15 is 0 Å². The highest BCUT2D eigenvalue weighted by molar-refractivity contribution is 7.95. The van der Waals surface area contributed by atoms with Crippen molar-refractivity contribution >= 4 is 32.8 Å². The zero-order valence-electron chi connectivity index (χ0n) is 7.87. The molecule has 0 aliphatic rings. The third kappa shape index (κ3) is 2.61. The summed E-state index contributed by atoms with van der Waals surface area (Å²) in [5.74, 6) is 0. The summed E-state index contributed by atoms with van der Waals surface area (Å²) in [4.78, 5) is 3.82. The van der Waals surface area contributed by atoms with Crippen molar-refractivity contribution in [2.45, 2.75) is 18.6 Å². The normalized spacial score (nSPS) is 15.1. The van der Waals surface area contributed by atoms with Crippen LogP contribution >= 0.6 is 11.3 Å². The van der Waals surface area contributed by atoms with Crippen molar-refractivity contribution in [2.24, 2.45) is 0 Å². The molecule has 1 aromatic rings. The molecule has 1 heterocycles. The van der Waals surface area contributed by atoms with Crippen LogP contribution in [0.3, 0.4) is 0 Å². The van der Waals surface area contributed by atoms with Crippen LogP contribution in [0.1, 0.15) is 18.9 Å². The van der Waals surface area contributed by atoms with Crippen molar-refractivity contribution < 1.29 is 20.8 Å². The van der Waals surface area contributed by atoms with Gasteiger partial charge in [0.2, 0.25) is 0 Å². The molecule has 0 fully saturated rings. The molecule has 0 saturated carbocycles. The van der Waals surface area contributed by atoms with Crippen LogP contribution in [-0.2, 0) is 29.9 Å². The highest BCUT2D eigenvalue weighted by atomic mass is 32.3. The minimum Gasteiger partial charge on any atom is -0.749 e. The van der Waals surface area contributed by atoms with Crippen molar-refractivity contribution in [2.75, 3.05) is 0 Å². The van der Waals surface area contributed by atoms with Crippen molar-refractivity contribution in [1.82, 2.24) is 4.98 Å². The van der Waals surface area contributed by atoms with E-state index in [1.807, 2.05) is 0 Å². The molecule has 0 aromatic carbocycles. The quantitative estimate of drug-likeness (QED) is 0.740. The van der Waals surface area contributed by atoms with Gasteiger partial charge in [-0.2, -0.15) is 12.0 Å². The SMILES string of the molecule is CC(C)(c1nccs1)S(=O)(=O)OS(=O)[O-]. The lowest BCUT2D eigenvalue weighted by Gasteiger charge is -2.21. The summed E-state index contributed by atoms with van der Waals surface area (Å²) < 4.78 is 45.8. The Labute approximate surface area is 93.9 Å². The summed E-state index contributed by atoms with van der Waals surface area (Å²) in [6, 6.07) is 0. The molecule has 1 aromatic heterocycles. The lowest BCUT2D eigenvalue weighted by molar-refractivity contribution is 0.411. The highest BCUT2D eigenvalue weighted by Gasteiger charge is 2.40. The standard InChI is InChI=1S/C6H9NO5S3/c1-6(2,5-7-3-4-13-5)15(10,11)12-14(8)9/h3-4H,1-2H3,(H,8,9)/p-1. The summed E-state index contributed by atoms with van der Waals surface area (Å²) in [6.07, 6.45) is 1.44. The molecule has 9 heteroatoms. The molecular weight excluding hydrogens is 262 g/mol. The van der Waals surface area contributed by atoms with E-state index < -0.39 is 26.2 Å². The number of hydrogen-bond acceptors (Lipinski definition) is 7. The number of hydrogen-bond donors (Lipinski definition) is 0. The number of rotatable bonds is 4. The molecule has 0 N–H and O–H groups in total. The Hall–Kier alpha value is -0.350. The Morgan fingerprint density at radius 1 is 1.60 bits per heavy atom. The maximum absolute atomic E-state index is 11.5. The maximum Gasteiger partial charge on any atom is 0.291 e. The van der Waals surface area contributed by atoms with E-state index in [1.54, 1.807) is 5.38 Å². The van der Waals surface area contributed by atoms with Gasteiger partial charge in [-0.15, -0.1) is 11.3 Å². The first kappa shape index (κ1) is 12.7. The van der Waals surface area contributed by atoms with Crippen LogP contribution < -0.4 is 0 Å². The van der Waals surface area contributed by atoms with E-state index in [2.05, 4.69) is 8.61 Å². The molecule has 1 rings (SSSR count). The van der Waals surface area contributed by atoms with Crippen LogP contribution in [0, 0.1) is 0 Å². The van der Waals surface area contributed by atoms with Crippen molar-refractivity contribution in [3.05, 3.63) is 16.6 Å². The minimum atomic E-state index is -4.25. The number of nitrogens with zero attached hydrogens (tertiary/aromatic N) is 1. The average Bonchev–Trinajstić information content (AvgIpc) is 2.52. The van der Waals surface area contributed by atoms with Crippen molar-refractivity contribution in [1.29, 1.82) is 0 Å². The second kappa shape index (κ2) is 4.26. The number of aromatic nitrogens is 1. The van der Waals surface area contributed by atoms with Crippen LogP contribution in [0.25, 0.3) is 0 Å². The van der Waals surface area contributed by atoms with E-state index in [0.29, 0.717) is 0 Å². The predicted octanol–water partition coefficient (Wildman–Crippen LogP) is 0.519. The van der Waals surface area contributed by atoms with E-state index in [0.717, 1.165) is 11.3 Å². The smallest absolute Gasteiger partial charge is 0.291 e. The van der Waals surface area contributed by atoms with Crippen LogP contribution in [0.2, 0.25) is 0 Å².